The number of ketones is 1. The van der Waals surface area contributed by atoms with Crippen molar-refractivity contribution in [2.75, 3.05) is 13.2 Å². The van der Waals surface area contributed by atoms with Gasteiger partial charge in [-0.2, -0.15) is 0 Å². The lowest BCUT2D eigenvalue weighted by Gasteiger charge is -2.70. The van der Waals surface area contributed by atoms with Crippen molar-refractivity contribution in [2.45, 2.75) is 31.2 Å². The number of Topliss-reactive ketones (excluding diaryl/α,β-unsaturated/α-hetero) is 1. The van der Waals surface area contributed by atoms with Gasteiger partial charge in [0.05, 0.1) is 10.0 Å². The van der Waals surface area contributed by atoms with Crippen LogP contribution >= 0.6 is 23.2 Å². The molecule has 2 bridgehead atoms. The maximum atomic E-state index is 13.4. The summed E-state index contributed by atoms with van der Waals surface area (Å²) in [5, 5.41) is 2.92. The van der Waals surface area contributed by atoms with Crippen LogP contribution in [0.15, 0.2) is 36.4 Å². The van der Waals surface area contributed by atoms with Crippen LogP contribution in [-0.4, -0.2) is 30.4 Å². The topological polar surface area (TPSA) is 64.6 Å². The predicted molar refractivity (Wildman–Crippen MR) is 111 cm³/mol. The second-order valence-corrected chi connectivity index (χ2v) is 9.12. The molecule has 0 aliphatic heterocycles. The van der Waals surface area contributed by atoms with E-state index >= 15 is 0 Å². The minimum absolute atomic E-state index is 0.00869. The summed E-state index contributed by atoms with van der Waals surface area (Å²) in [5.41, 5.74) is -0.411. The Morgan fingerprint density at radius 3 is 1.94 bits per heavy atom. The summed E-state index contributed by atoms with van der Waals surface area (Å²) < 4.78 is 37.5. The number of carbonyl (C=O) groups is 2. The van der Waals surface area contributed by atoms with E-state index in [4.69, 9.17) is 32.7 Å². The van der Waals surface area contributed by atoms with Crippen LogP contribution in [0.5, 0.6) is 11.5 Å². The van der Waals surface area contributed by atoms with Gasteiger partial charge in [-0.25, -0.2) is 8.78 Å². The molecule has 0 aromatic heterocycles. The van der Waals surface area contributed by atoms with E-state index in [9.17, 15) is 18.4 Å². The number of ether oxygens (including phenoxy) is 2. The summed E-state index contributed by atoms with van der Waals surface area (Å²) in [6, 6.07) is 7.99. The molecule has 3 aliphatic carbocycles. The third-order valence-electron chi connectivity index (χ3n) is 5.67. The van der Waals surface area contributed by atoms with E-state index < -0.39 is 11.6 Å². The highest BCUT2D eigenvalue weighted by Crippen LogP contribution is 2.68. The van der Waals surface area contributed by atoms with E-state index in [-0.39, 0.29) is 57.4 Å². The van der Waals surface area contributed by atoms with Crippen molar-refractivity contribution in [3.05, 3.63) is 58.1 Å². The van der Waals surface area contributed by atoms with E-state index in [1.807, 2.05) is 0 Å². The van der Waals surface area contributed by atoms with Gasteiger partial charge in [0.1, 0.15) is 29.7 Å². The number of halogens is 4. The van der Waals surface area contributed by atoms with Crippen molar-refractivity contribution in [2.24, 2.45) is 5.41 Å². The van der Waals surface area contributed by atoms with Crippen LogP contribution in [-0.2, 0) is 9.59 Å². The highest BCUT2D eigenvalue weighted by molar-refractivity contribution is 6.31. The lowest BCUT2D eigenvalue weighted by molar-refractivity contribution is -0.173. The van der Waals surface area contributed by atoms with Crippen LogP contribution in [0.25, 0.3) is 0 Å². The minimum Gasteiger partial charge on any atom is -0.486 e. The number of nitrogens with one attached hydrogen (secondary N) is 1. The summed E-state index contributed by atoms with van der Waals surface area (Å²) in [6.45, 7) is -0.381. The lowest BCUT2D eigenvalue weighted by atomic mass is 9.38. The zero-order valence-corrected chi connectivity index (χ0v) is 17.9. The largest absolute Gasteiger partial charge is 0.486 e. The van der Waals surface area contributed by atoms with Crippen molar-refractivity contribution < 1.29 is 27.8 Å². The van der Waals surface area contributed by atoms with E-state index in [1.165, 1.54) is 24.3 Å². The van der Waals surface area contributed by atoms with Crippen LogP contribution in [0.4, 0.5) is 8.78 Å². The van der Waals surface area contributed by atoms with Crippen molar-refractivity contribution in [1.29, 1.82) is 0 Å². The standard InChI is InChI=1S/C22H19Cl2F2NO4/c23-16-3-1-14(5-18(16)25)30-8-13(28)7-21-10-22(11-21,12-21)27-20(29)9-31-15-2-4-17(24)19(26)6-15/h1-6H,7-12H2,(H,27,29). The van der Waals surface area contributed by atoms with Crippen molar-refractivity contribution in [3.63, 3.8) is 0 Å². The molecule has 1 amide bonds. The molecule has 31 heavy (non-hydrogen) atoms. The highest BCUT2D eigenvalue weighted by atomic mass is 35.5. The zero-order valence-electron chi connectivity index (χ0n) is 16.4. The number of rotatable bonds is 9. The number of carbonyl (C=O) groups excluding carboxylic acids is 2. The van der Waals surface area contributed by atoms with Gasteiger partial charge in [-0.15, -0.1) is 0 Å². The second kappa shape index (κ2) is 8.28. The molecule has 0 atom stereocenters. The average molecular weight is 470 g/mol. The fraction of sp³-hybridized carbons (Fsp3) is 0.364. The van der Waals surface area contributed by atoms with Gasteiger partial charge in [0, 0.05) is 24.1 Å². The highest BCUT2D eigenvalue weighted by Gasteiger charge is 2.68. The third kappa shape index (κ3) is 4.77. The molecular weight excluding hydrogens is 451 g/mol. The fourth-order valence-corrected chi connectivity index (χ4v) is 4.80. The Bertz CT molecular complexity index is 947. The minimum atomic E-state index is -0.615. The Balaban J connectivity index is 1.17. The zero-order chi connectivity index (χ0) is 22.2. The molecule has 164 valence electrons. The number of amides is 1. The first kappa shape index (κ1) is 21.8. The second-order valence-electron chi connectivity index (χ2n) is 8.30. The van der Waals surface area contributed by atoms with Gasteiger partial charge < -0.3 is 14.8 Å². The van der Waals surface area contributed by atoms with Crippen LogP contribution < -0.4 is 14.8 Å². The van der Waals surface area contributed by atoms with E-state index in [0.717, 1.165) is 12.1 Å². The van der Waals surface area contributed by atoms with E-state index in [0.29, 0.717) is 25.7 Å². The van der Waals surface area contributed by atoms with Crippen molar-refractivity contribution in [1.82, 2.24) is 5.32 Å². The molecule has 0 unspecified atom stereocenters. The number of benzene rings is 2. The Hall–Kier alpha value is -2.38. The van der Waals surface area contributed by atoms with Crippen molar-refractivity contribution >= 4 is 34.9 Å². The van der Waals surface area contributed by atoms with Crippen LogP contribution in [0.2, 0.25) is 10.0 Å². The monoisotopic (exact) mass is 469 g/mol. The molecule has 3 aliphatic rings. The molecule has 0 saturated heterocycles. The van der Waals surface area contributed by atoms with Gasteiger partial charge in [-0.05, 0) is 48.9 Å². The van der Waals surface area contributed by atoms with Gasteiger partial charge in [-0.1, -0.05) is 23.2 Å². The molecule has 2 aromatic carbocycles. The van der Waals surface area contributed by atoms with Gasteiger partial charge in [0.15, 0.2) is 12.4 Å². The fourth-order valence-electron chi connectivity index (χ4n) is 4.57. The first-order valence-electron chi connectivity index (χ1n) is 9.66. The molecule has 0 heterocycles. The Morgan fingerprint density at radius 2 is 1.42 bits per heavy atom. The Kier molecular flexibility index (Phi) is 5.83. The number of hydrogen-bond donors (Lipinski definition) is 1. The summed E-state index contributed by atoms with van der Waals surface area (Å²) >= 11 is 11.2. The Morgan fingerprint density at radius 1 is 0.903 bits per heavy atom. The smallest absolute Gasteiger partial charge is 0.258 e. The molecule has 5 nitrogen and oxygen atoms in total. The van der Waals surface area contributed by atoms with Crippen LogP contribution in [0, 0.1) is 17.0 Å². The summed E-state index contributed by atoms with van der Waals surface area (Å²) in [7, 11) is 0. The molecule has 9 heteroatoms. The van der Waals surface area contributed by atoms with Gasteiger partial charge in [-0.3, -0.25) is 9.59 Å². The average Bonchev–Trinajstić information content (AvgIpc) is 2.67. The summed E-state index contributed by atoms with van der Waals surface area (Å²) in [6.07, 6.45) is 2.48. The quantitative estimate of drug-likeness (QED) is 0.576. The lowest BCUT2D eigenvalue weighted by Crippen LogP contribution is -2.75. The van der Waals surface area contributed by atoms with Crippen molar-refractivity contribution in [3.8, 4) is 11.5 Å². The molecule has 1 N–H and O–H groups in total. The molecular formula is C22H19Cl2F2NO4. The molecule has 0 spiro atoms. The molecule has 5 rings (SSSR count). The van der Waals surface area contributed by atoms with E-state index in [2.05, 4.69) is 5.32 Å². The van der Waals surface area contributed by atoms with Gasteiger partial charge in [0.2, 0.25) is 0 Å². The van der Waals surface area contributed by atoms with Crippen LogP contribution in [0.1, 0.15) is 25.7 Å². The van der Waals surface area contributed by atoms with Gasteiger partial charge >= 0.3 is 0 Å². The molecule has 2 aromatic rings. The third-order valence-corrected chi connectivity index (χ3v) is 6.28. The predicted octanol–water partition coefficient (Wildman–Crippen LogP) is 4.73. The first-order valence-corrected chi connectivity index (χ1v) is 10.4. The molecule has 0 radical (unpaired) electrons. The molecule has 3 fully saturated rings. The van der Waals surface area contributed by atoms with Crippen LogP contribution in [0.3, 0.4) is 0 Å². The maximum Gasteiger partial charge on any atom is 0.258 e. The molecule has 3 saturated carbocycles. The maximum absolute atomic E-state index is 13.4. The summed E-state index contributed by atoms with van der Waals surface area (Å²) in [4.78, 5) is 24.4. The normalized spacial score (nSPS) is 23.4. The SMILES string of the molecule is O=C(COc1ccc(Cl)c(F)c1)CC12CC(NC(=O)COc3ccc(Cl)c(F)c3)(C1)C2. The van der Waals surface area contributed by atoms with E-state index in [1.54, 1.807) is 0 Å². The summed E-state index contributed by atoms with van der Waals surface area (Å²) in [5.74, 6) is -1.13. The van der Waals surface area contributed by atoms with Gasteiger partial charge in [0.25, 0.3) is 5.91 Å². The Labute approximate surface area is 187 Å². The first-order chi connectivity index (χ1) is 14.7. The number of hydrogen-bond acceptors (Lipinski definition) is 4.